The summed E-state index contributed by atoms with van der Waals surface area (Å²) in [5.41, 5.74) is 0.787. The van der Waals surface area contributed by atoms with Crippen LogP contribution in [0.15, 0.2) is 131 Å². The van der Waals surface area contributed by atoms with Gasteiger partial charge in [0.2, 0.25) is 5.78 Å². The van der Waals surface area contributed by atoms with Crippen LogP contribution in [0.25, 0.3) is 16.2 Å². The predicted molar refractivity (Wildman–Crippen MR) is 143 cm³/mol. The van der Waals surface area contributed by atoms with Gasteiger partial charge in [0, 0.05) is 20.5 Å². The number of rotatable bonds is 7. The lowest BCUT2D eigenvalue weighted by atomic mass is 10.1. The first-order chi connectivity index (χ1) is 16.2. The molecule has 2 heterocycles. The Hall–Kier alpha value is -3.60. The number of benzene rings is 2. The highest BCUT2D eigenvalue weighted by Gasteiger charge is 2.24. The molecule has 0 fully saturated rings. The second-order valence-electron chi connectivity index (χ2n) is 7.05. The van der Waals surface area contributed by atoms with E-state index in [9.17, 15) is 9.90 Å². The van der Waals surface area contributed by atoms with E-state index < -0.39 is 0 Å². The molecule has 0 amide bonds. The van der Waals surface area contributed by atoms with Gasteiger partial charge in [-0.25, -0.2) is 0 Å². The molecule has 1 aliphatic rings. The first-order valence-electron chi connectivity index (χ1n) is 10.5. The zero-order valence-corrected chi connectivity index (χ0v) is 19.4. The van der Waals surface area contributed by atoms with Crippen molar-refractivity contribution < 1.29 is 9.90 Å². The van der Waals surface area contributed by atoms with Crippen molar-refractivity contribution in [2.45, 2.75) is 4.90 Å². The fourth-order valence-electron chi connectivity index (χ4n) is 3.18. The fourth-order valence-corrected chi connectivity index (χ4v) is 5.19. The van der Waals surface area contributed by atoms with Crippen LogP contribution in [0.2, 0.25) is 0 Å². The van der Waals surface area contributed by atoms with Crippen LogP contribution < -0.4 is 0 Å². The summed E-state index contributed by atoms with van der Waals surface area (Å²) in [5.74, 6) is 0.437. The molecule has 4 heteroatoms. The number of allylic oxidation sites excluding steroid dienone is 13. The Morgan fingerprint density at radius 3 is 2.00 bits per heavy atom. The number of hydrogen-bond donors (Lipinski definition) is 1. The first kappa shape index (κ1) is 22.6. The van der Waals surface area contributed by atoms with Crippen LogP contribution in [0.5, 0.6) is 5.75 Å². The maximum atomic E-state index is 12.3. The molecule has 0 aliphatic carbocycles. The second kappa shape index (κ2) is 11.3. The maximum Gasteiger partial charge on any atom is 0.200 e. The summed E-state index contributed by atoms with van der Waals surface area (Å²) in [7, 11) is 0. The van der Waals surface area contributed by atoms with Crippen LogP contribution in [0, 0.1) is 0 Å². The van der Waals surface area contributed by atoms with E-state index in [2.05, 4.69) is 0 Å². The molecule has 0 bridgehead atoms. The quantitative estimate of drug-likeness (QED) is 0.281. The van der Waals surface area contributed by atoms with Gasteiger partial charge in [0.1, 0.15) is 5.75 Å². The molecule has 1 N–H and O–H groups in total. The van der Waals surface area contributed by atoms with Gasteiger partial charge in [0.05, 0.1) is 9.78 Å². The monoisotopic (exact) mass is 466 g/mol. The van der Waals surface area contributed by atoms with Crippen LogP contribution in [-0.2, 0) is 0 Å². The SMILES string of the molecule is O=C1\C(=C/C=C/C=C/C=C/C=C/C=C/C=C/c2sc3ccccc3c2O)Sc2ccccc21. The molecule has 1 aromatic heterocycles. The Morgan fingerprint density at radius 1 is 0.697 bits per heavy atom. The average Bonchev–Trinajstić information content (AvgIpc) is 3.33. The van der Waals surface area contributed by atoms with E-state index in [4.69, 9.17) is 0 Å². The molecule has 0 atom stereocenters. The van der Waals surface area contributed by atoms with E-state index in [1.54, 1.807) is 11.3 Å². The summed E-state index contributed by atoms with van der Waals surface area (Å²) in [5, 5.41) is 11.1. The third kappa shape index (κ3) is 5.80. The van der Waals surface area contributed by atoms with Crippen molar-refractivity contribution >= 4 is 45.0 Å². The predicted octanol–water partition coefficient (Wildman–Crippen LogP) is 8.27. The Balaban J connectivity index is 1.20. The minimum Gasteiger partial charge on any atom is -0.506 e. The molecule has 0 radical (unpaired) electrons. The van der Waals surface area contributed by atoms with Crippen molar-refractivity contribution in [3.8, 4) is 5.75 Å². The first-order valence-corrected chi connectivity index (χ1v) is 12.1. The molecule has 162 valence electrons. The largest absolute Gasteiger partial charge is 0.506 e. The van der Waals surface area contributed by atoms with Crippen molar-refractivity contribution in [2.75, 3.05) is 0 Å². The molecule has 0 saturated heterocycles. The highest BCUT2D eigenvalue weighted by Crippen LogP contribution is 2.39. The Morgan fingerprint density at radius 2 is 1.30 bits per heavy atom. The van der Waals surface area contributed by atoms with E-state index in [0.29, 0.717) is 5.75 Å². The lowest BCUT2D eigenvalue weighted by molar-refractivity contribution is 0.104. The molecule has 0 saturated carbocycles. The van der Waals surface area contributed by atoms with E-state index in [-0.39, 0.29) is 5.78 Å². The normalized spacial score (nSPS) is 15.9. The lowest BCUT2D eigenvalue weighted by Crippen LogP contribution is -1.92. The minimum atomic E-state index is 0.0952. The van der Waals surface area contributed by atoms with E-state index >= 15 is 0 Å². The van der Waals surface area contributed by atoms with E-state index in [1.807, 2.05) is 128 Å². The molecule has 2 nitrogen and oxygen atoms in total. The van der Waals surface area contributed by atoms with Crippen molar-refractivity contribution in [3.63, 3.8) is 0 Å². The van der Waals surface area contributed by atoms with Gasteiger partial charge < -0.3 is 5.11 Å². The molecule has 33 heavy (non-hydrogen) atoms. The summed E-state index contributed by atoms with van der Waals surface area (Å²) in [6.07, 6.45) is 25.0. The molecule has 1 aliphatic heterocycles. The zero-order chi connectivity index (χ0) is 22.9. The van der Waals surface area contributed by atoms with Crippen LogP contribution in [-0.4, -0.2) is 10.9 Å². The van der Waals surface area contributed by atoms with Crippen LogP contribution in [0.1, 0.15) is 15.2 Å². The smallest absolute Gasteiger partial charge is 0.200 e. The van der Waals surface area contributed by atoms with E-state index in [1.165, 1.54) is 11.8 Å². The third-order valence-corrected chi connectivity index (χ3v) is 7.02. The number of ketones is 1. The Labute approximate surface area is 202 Å². The summed E-state index contributed by atoms with van der Waals surface area (Å²) >= 11 is 3.09. The van der Waals surface area contributed by atoms with Gasteiger partial charge in [0.25, 0.3) is 0 Å². The molecule has 0 spiro atoms. The van der Waals surface area contributed by atoms with Gasteiger partial charge in [-0.1, -0.05) is 103 Å². The summed E-state index contributed by atoms with van der Waals surface area (Å²) in [6, 6.07) is 15.5. The number of carbonyl (C=O) groups is 1. The zero-order valence-electron chi connectivity index (χ0n) is 17.8. The van der Waals surface area contributed by atoms with Crippen LogP contribution in [0.3, 0.4) is 0 Å². The van der Waals surface area contributed by atoms with Gasteiger partial charge in [-0.3, -0.25) is 4.79 Å². The average molecular weight is 467 g/mol. The van der Waals surface area contributed by atoms with Gasteiger partial charge in [-0.05, 0) is 36.4 Å². The van der Waals surface area contributed by atoms with Gasteiger partial charge in [0.15, 0.2) is 0 Å². The standard InChI is InChI=1S/C29H22O2S2/c30-28-22-16-12-14-18-24(22)32-26(28)20-10-8-6-4-2-1-3-5-7-9-11-21-27-29(31)23-17-13-15-19-25(23)33-27/h1-21,30H/b3-1+,4-2+,7-5+,8-6+,11-9+,20-10+,27-21+. The summed E-state index contributed by atoms with van der Waals surface area (Å²) in [4.78, 5) is 14.9. The number of thioether (sulfide) groups is 1. The minimum absolute atomic E-state index is 0.0952. The highest BCUT2D eigenvalue weighted by atomic mass is 32.2. The third-order valence-electron chi connectivity index (χ3n) is 4.78. The molecular weight excluding hydrogens is 444 g/mol. The van der Waals surface area contributed by atoms with Crippen molar-refractivity contribution in [1.29, 1.82) is 0 Å². The molecule has 4 rings (SSSR count). The van der Waals surface area contributed by atoms with Gasteiger partial charge in [-0.15, -0.1) is 11.3 Å². The Kier molecular flexibility index (Phi) is 7.75. The van der Waals surface area contributed by atoms with Crippen LogP contribution >= 0.6 is 23.1 Å². The number of thiophene rings is 1. The number of Topliss-reactive ketones (excluding diaryl/α,β-unsaturated/α-hetero) is 1. The van der Waals surface area contributed by atoms with Gasteiger partial charge in [-0.2, -0.15) is 0 Å². The van der Waals surface area contributed by atoms with Crippen molar-refractivity contribution in [1.82, 2.24) is 0 Å². The van der Waals surface area contributed by atoms with Crippen LogP contribution in [0.4, 0.5) is 0 Å². The number of fused-ring (bicyclic) bond motifs is 2. The second-order valence-corrected chi connectivity index (χ2v) is 9.22. The Bertz CT molecular complexity index is 1360. The lowest BCUT2D eigenvalue weighted by Gasteiger charge is -1.90. The summed E-state index contributed by atoms with van der Waals surface area (Å²) in [6.45, 7) is 0. The fraction of sp³-hybridized carbons (Fsp3) is 0. The highest BCUT2D eigenvalue weighted by molar-refractivity contribution is 8.04. The molecule has 2 aromatic carbocycles. The van der Waals surface area contributed by atoms with Crippen molar-refractivity contribution in [2.24, 2.45) is 0 Å². The molecule has 3 aromatic rings. The number of hydrogen-bond acceptors (Lipinski definition) is 4. The number of carbonyl (C=O) groups excluding carboxylic acids is 1. The maximum absolute atomic E-state index is 12.3. The number of aromatic hydroxyl groups is 1. The van der Waals surface area contributed by atoms with E-state index in [0.717, 1.165) is 30.3 Å². The molecular formula is C29H22O2S2. The molecule has 0 unspecified atom stereocenters. The topological polar surface area (TPSA) is 37.3 Å². The summed E-state index contributed by atoms with van der Waals surface area (Å²) < 4.78 is 1.08. The van der Waals surface area contributed by atoms with Gasteiger partial charge >= 0.3 is 0 Å². The van der Waals surface area contributed by atoms with Crippen molar-refractivity contribution in [3.05, 3.63) is 137 Å².